The molecule has 4 heterocycles. The molecule has 27 heavy (non-hydrogen) atoms. The van der Waals surface area contributed by atoms with E-state index in [0.717, 1.165) is 31.5 Å². The number of anilines is 2. The van der Waals surface area contributed by atoms with Crippen LogP contribution in [0.4, 0.5) is 11.4 Å². The van der Waals surface area contributed by atoms with Crippen LogP contribution in [-0.4, -0.2) is 54.4 Å². The van der Waals surface area contributed by atoms with E-state index in [9.17, 15) is 4.79 Å². The van der Waals surface area contributed by atoms with Crippen molar-refractivity contribution in [2.24, 2.45) is 0 Å². The molecule has 0 unspecified atom stereocenters. The zero-order valence-corrected chi connectivity index (χ0v) is 15.3. The molecule has 6 heteroatoms. The van der Waals surface area contributed by atoms with Crippen molar-refractivity contribution in [1.82, 2.24) is 9.88 Å². The van der Waals surface area contributed by atoms with E-state index in [2.05, 4.69) is 34.1 Å². The van der Waals surface area contributed by atoms with Crippen LogP contribution in [0.15, 0.2) is 42.6 Å². The zero-order chi connectivity index (χ0) is 18.3. The van der Waals surface area contributed by atoms with Gasteiger partial charge >= 0.3 is 0 Å². The molecule has 2 saturated heterocycles. The van der Waals surface area contributed by atoms with Crippen LogP contribution < -0.4 is 4.90 Å². The third-order valence-electron chi connectivity index (χ3n) is 5.79. The Morgan fingerprint density at radius 2 is 1.81 bits per heavy atom. The maximum Gasteiger partial charge on any atom is 0.272 e. The molecule has 1 amide bonds. The molecule has 3 aliphatic heterocycles. The topological polar surface area (TPSA) is 54.9 Å². The first-order valence-corrected chi connectivity index (χ1v) is 9.63. The van der Waals surface area contributed by atoms with E-state index in [1.807, 2.05) is 17.0 Å². The van der Waals surface area contributed by atoms with Gasteiger partial charge in [-0.25, -0.2) is 0 Å². The predicted octanol–water partition coefficient (Wildman–Crippen LogP) is 2.75. The molecule has 0 radical (unpaired) electrons. The van der Waals surface area contributed by atoms with Gasteiger partial charge in [-0.05, 0) is 30.2 Å². The van der Waals surface area contributed by atoms with Crippen molar-refractivity contribution in [2.75, 3.05) is 37.7 Å². The highest BCUT2D eigenvalue weighted by molar-refractivity contribution is 5.93. The third kappa shape index (κ3) is 2.99. The predicted molar refractivity (Wildman–Crippen MR) is 101 cm³/mol. The van der Waals surface area contributed by atoms with Gasteiger partial charge in [0.1, 0.15) is 5.69 Å². The monoisotopic (exact) mass is 365 g/mol. The summed E-state index contributed by atoms with van der Waals surface area (Å²) in [5, 5.41) is 0. The number of carbonyl (C=O) groups excluding carboxylic acids is 1. The number of hydrogen-bond acceptors (Lipinski definition) is 5. The molecule has 0 N–H and O–H groups in total. The minimum Gasteiger partial charge on any atom is -0.347 e. The lowest BCUT2D eigenvalue weighted by molar-refractivity contribution is -0.181. The van der Waals surface area contributed by atoms with Gasteiger partial charge in [-0.1, -0.05) is 18.2 Å². The molecule has 5 rings (SSSR count). The van der Waals surface area contributed by atoms with Gasteiger partial charge in [0.25, 0.3) is 5.91 Å². The highest BCUT2D eigenvalue weighted by atomic mass is 16.7. The number of piperidine rings is 1. The number of likely N-dealkylation sites (tertiary alicyclic amines) is 1. The second kappa shape index (κ2) is 6.62. The van der Waals surface area contributed by atoms with Gasteiger partial charge in [-0.2, -0.15) is 0 Å². The average Bonchev–Trinajstić information content (AvgIpc) is 3.35. The highest BCUT2D eigenvalue weighted by Crippen LogP contribution is 2.35. The Balaban J connectivity index is 1.33. The Kier molecular flexibility index (Phi) is 4.10. The number of amides is 1. The van der Waals surface area contributed by atoms with E-state index < -0.39 is 5.79 Å². The third-order valence-corrected chi connectivity index (χ3v) is 5.79. The number of benzene rings is 1. The lowest BCUT2D eigenvalue weighted by Gasteiger charge is -2.37. The number of rotatable bonds is 2. The normalized spacial score (nSPS) is 20.9. The summed E-state index contributed by atoms with van der Waals surface area (Å²) < 4.78 is 11.5. The largest absolute Gasteiger partial charge is 0.347 e. The van der Waals surface area contributed by atoms with Crippen molar-refractivity contribution < 1.29 is 14.3 Å². The Bertz CT molecular complexity index is 853. The molecule has 3 aliphatic rings. The van der Waals surface area contributed by atoms with Crippen molar-refractivity contribution in [3.63, 3.8) is 0 Å². The van der Waals surface area contributed by atoms with Gasteiger partial charge in [-0.3, -0.25) is 9.78 Å². The van der Waals surface area contributed by atoms with Crippen molar-refractivity contribution >= 4 is 17.3 Å². The summed E-state index contributed by atoms with van der Waals surface area (Å²) >= 11 is 0. The Morgan fingerprint density at radius 1 is 1.04 bits per heavy atom. The molecule has 2 fully saturated rings. The van der Waals surface area contributed by atoms with Gasteiger partial charge in [0.15, 0.2) is 5.79 Å². The fraction of sp³-hybridized carbons (Fsp3) is 0.429. The molecule has 6 nitrogen and oxygen atoms in total. The maximum atomic E-state index is 13.0. The first kappa shape index (κ1) is 16.7. The van der Waals surface area contributed by atoms with Gasteiger partial charge in [0.05, 0.1) is 13.2 Å². The van der Waals surface area contributed by atoms with Crippen molar-refractivity contribution in [3.05, 3.63) is 53.9 Å². The molecule has 0 aliphatic carbocycles. The van der Waals surface area contributed by atoms with Gasteiger partial charge in [0, 0.05) is 50.0 Å². The van der Waals surface area contributed by atoms with Crippen molar-refractivity contribution in [1.29, 1.82) is 0 Å². The second-order valence-corrected chi connectivity index (χ2v) is 7.33. The van der Waals surface area contributed by atoms with Crippen molar-refractivity contribution in [3.8, 4) is 0 Å². The van der Waals surface area contributed by atoms with E-state index in [4.69, 9.17) is 9.47 Å². The number of hydrogen-bond donors (Lipinski definition) is 0. The Labute approximate surface area is 158 Å². The number of pyridine rings is 1. The molecule has 2 aromatic rings. The number of ether oxygens (including phenoxy) is 2. The Morgan fingerprint density at radius 3 is 2.63 bits per heavy atom. The van der Waals surface area contributed by atoms with Crippen LogP contribution in [0.25, 0.3) is 0 Å². The van der Waals surface area contributed by atoms with Gasteiger partial charge < -0.3 is 19.3 Å². The number of para-hydroxylation sites is 1. The minimum atomic E-state index is -0.467. The van der Waals surface area contributed by atoms with Crippen LogP contribution in [0, 0.1) is 0 Å². The fourth-order valence-electron chi connectivity index (χ4n) is 4.31. The van der Waals surface area contributed by atoms with Crippen LogP contribution in [0.3, 0.4) is 0 Å². The summed E-state index contributed by atoms with van der Waals surface area (Å²) in [6.45, 7) is 3.50. The van der Waals surface area contributed by atoms with Crippen LogP contribution >= 0.6 is 0 Å². The van der Waals surface area contributed by atoms with Crippen LogP contribution in [0.2, 0.25) is 0 Å². The molecular weight excluding hydrogens is 342 g/mol. The molecule has 140 valence electrons. The average molecular weight is 365 g/mol. The smallest absolute Gasteiger partial charge is 0.272 e. The molecule has 1 aromatic heterocycles. The zero-order valence-electron chi connectivity index (χ0n) is 15.3. The number of nitrogens with zero attached hydrogens (tertiary/aromatic N) is 3. The standard InChI is InChI=1S/C21H23N3O3/c25-20(23-11-7-21(8-12-23)26-13-14-27-21)18-15-17(5-9-22-18)24-10-6-16-3-1-2-4-19(16)24/h1-5,9,15H,6-8,10-14H2. The summed E-state index contributed by atoms with van der Waals surface area (Å²) in [6, 6.07) is 12.3. The van der Waals surface area contributed by atoms with Crippen molar-refractivity contribution in [2.45, 2.75) is 25.0 Å². The molecule has 1 aromatic carbocycles. The molecule has 0 atom stereocenters. The van der Waals surface area contributed by atoms with E-state index in [1.165, 1.54) is 11.3 Å². The maximum absolute atomic E-state index is 13.0. The quantitative estimate of drug-likeness (QED) is 0.819. The first-order valence-electron chi connectivity index (χ1n) is 9.63. The second-order valence-electron chi connectivity index (χ2n) is 7.33. The fourth-order valence-corrected chi connectivity index (χ4v) is 4.31. The first-order chi connectivity index (χ1) is 13.2. The van der Waals surface area contributed by atoms with E-state index in [0.29, 0.717) is 32.0 Å². The lowest BCUT2D eigenvalue weighted by atomic mass is 10.0. The summed E-state index contributed by atoms with van der Waals surface area (Å²) in [4.78, 5) is 21.5. The lowest BCUT2D eigenvalue weighted by Crippen LogP contribution is -2.47. The molecule has 0 saturated carbocycles. The summed E-state index contributed by atoms with van der Waals surface area (Å²) in [7, 11) is 0. The summed E-state index contributed by atoms with van der Waals surface area (Å²) in [5.41, 5.74) is 4.09. The van der Waals surface area contributed by atoms with Crippen LogP contribution in [-0.2, 0) is 15.9 Å². The number of carbonyl (C=O) groups is 1. The Hall–Kier alpha value is -2.44. The van der Waals surface area contributed by atoms with E-state index in [1.54, 1.807) is 6.20 Å². The van der Waals surface area contributed by atoms with Gasteiger partial charge in [-0.15, -0.1) is 0 Å². The molecule has 1 spiro atoms. The highest BCUT2D eigenvalue weighted by Gasteiger charge is 2.41. The molecular formula is C21H23N3O3. The summed E-state index contributed by atoms with van der Waals surface area (Å²) in [6.07, 6.45) is 4.20. The SMILES string of the molecule is O=C(c1cc(N2CCc3ccccc32)ccn1)N1CCC2(CC1)OCCO2. The number of fused-ring (bicyclic) bond motifs is 1. The van der Waals surface area contributed by atoms with E-state index in [-0.39, 0.29) is 5.91 Å². The van der Waals surface area contributed by atoms with Gasteiger partial charge in [0.2, 0.25) is 0 Å². The van der Waals surface area contributed by atoms with Crippen LogP contribution in [0.1, 0.15) is 28.9 Å². The number of aromatic nitrogens is 1. The van der Waals surface area contributed by atoms with Crippen LogP contribution in [0.5, 0.6) is 0 Å². The minimum absolute atomic E-state index is 0.0165. The summed E-state index contributed by atoms with van der Waals surface area (Å²) in [5.74, 6) is -0.483. The molecule has 0 bridgehead atoms. The van der Waals surface area contributed by atoms with E-state index >= 15 is 0 Å².